The van der Waals surface area contributed by atoms with Crippen molar-refractivity contribution < 1.29 is 32.2 Å². The van der Waals surface area contributed by atoms with Crippen LogP contribution in [0.25, 0.3) is 11.3 Å². The minimum Gasteiger partial charge on any atom is -0.496 e. The zero-order chi connectivity index (χ0) is 18.3. The summed E-state index contributed by atoms with van der Waals surface area (Å²) in [7, 11) is 1.56. The van der Waals surface area contributed by atoms with E-state index in [4.69, 9.17) is 30.2 Å². The molecule has 0 bridgehead atoms. The molecule has 0 saturated heterocycles. The molecule has 5 N–H and O–H groups in total. The normalized spacial score (nSPS) is 10.3. The number of guanidine groups is 1. The molecular weight excluding hydrogens is 333 g/mol. The van der Waals surface area contributed by atoms with E-state index in [1.165, 1.54) is 6.39 Å². The van der Waals surface area contributed by atoms with Gasteiger partial charge >= 0.3 is 12.1 Å². The number of carboxylic acid groups (broad SMARTS) is 1. The van der Waals surface area contributed by atoms with E-state index < -0.39 is 12.1 Å². The van der Waals surface area contributed by atoms with Gasteiger partial charge in [0.1, 0.15) is 5.75 Å². The Morgan fingerprint density at radius 1 is 1.46 bits per heavy atom. The summed E-state index contributed by atoms with van der Waals surface area (Å²) < 4.78 is 42.2. The third-order valence-corrected chi connectivity index (χ3v) is 2.42. The van der Waals surface area contributed by atoms with E-state index in [1.807, 2.05) is 6.07 Å². The van der Waals surface area contributed by atoms with Crippen molar-refractivity contribution in [1.29, 1.82) is 5.41 Å². The summed E-state index contributed by atoms with van der Waals surface area (Å²) >= 11 is 0. The van der Waals surface area contributed by atoms with Gasteiger partial charge < -0.3 is 25.3 Å². The van der Waals surface area contributed by atoms with Crippen LogP contribution in [0.3, 0.4) is 0 Å². The van der Waals surface area contributed by atoms with Crippen LogP contribution in [0.1, 0.15) is 0 Å². The number of hydrogen-bond acceptors (Lipinski definition) is 5. The molecule has 1 aromatic heterocycles. The predicted molar refractivity (Wildman–Crippen MR) is 77.7 cm³/mol. The standard InChI is InChI=1S/C11H12N4O2.C2HF3O2/c1-16-9-4-7(15-11(12)13)2-3-8(9)10-5-14-6-17-10;3-2(4,5)1(6)7/h2-6H,1H3,(H4,12,13,15);(H,6,7). The van der Waals surface area contributed by atoms with Gasteiger partial charge in [0.05, 0.1) is 18.9 Å². The Kier molecular flexibility index (Phi) is 6.15. The first-order valence-electron chi connectivity index (χ1n) is 6.13. The SMILES string of the molecule is COc1cc(NC(=N)N)ccc1-c1cnco1.O=C(O)C(F)(F)F. The molecule has 11 heteroatoms. The Labute approximate surface area is 133 Å². The van der Waals surface area contributed by atoms with Crippen LogP contribution in [0.5, 0.6) is 5.75 Å². The van der Waals surface area contributed by atoms with E-state index >= 15 is 0 Å². The van der Waals surface area contributed by atoms with Gasteiger partial charge in [-0.3, -0.25) is 5.41 Å². The van der Waals surface area contributed by atoms with Crippen LogP contribution in [0, 0.1) is 5.41 Å². The minimum atomic E-state index is -5.08. The van der Waals surface area contributed by atoms with Crippen molar-refractivity contribution in [3.05, 3.63) is 30.8 Å². The van der Waals surface area contributed by atoms with Gasteiger partial charge in [-0.1, -0.05) is 0 Å². The first kappa shape index (κ1) is 18.8. The molecule has 0 amide bonds. The lowest BCUT2D eigenvalue weighted by molar-refractivity contribution is -0.192. The second-order valence-electron chi connectivity index (χ2n) is 4.12. The highest BCUT2D eigenvalue weighted by atomic mass is 19.4. The number of carbonyl (C=O) groups is 1. The monoisotopic (exact) mass is 346 g/mol. The molecular formula is C13H13F3N4O4. The summed E-state index contributed by atoms with van der Waals surface area (Å²) in [6, 6.07) is 5.33. The van der Waals surface area contributed by atoms with Crippen LogP contribution in [-0.2, 0) is 4.79 Å². The van der Waals surface area contributed by atoms with Crippen molar-refractivity contribution in [2.45, 2.75) is 6.18 Å². The van der Waals surface area contributed by atoms with Crippen LogP contribution < -0.4 is 15.8 Å². The summed E-state index contributed by atoms with van der Waals surface area (Å²) in [5, 5.41) is 17.0. The third kappa shape index (κ3) is 5.51. The molecule has 1 heterocycles. The van der Waals surface area contributed by atoms with Gasteiger partial charge in [0.2, 0.25) is 0 Å². The van der Waals surface area contributed by atoms with E-state index in [-0.39, 0.29) is 5.96 Å². The second-order valence-corrected chi connectivity index (χ2v) is 4.12. The Bertz CT molecular complexity index is 702. The summed E-state index contributed by atoms with van der Waals surface area (Å²) in [6.07, 6.45) is -2.12. The van der Waals surface area contributed by atoms with Crippen molar-refractivity contribution >= 4 is 17.6 Å². The summed E-state index contributed by atoms with van der Waals surface area (Å²) in [6.45, 7) is 0. The van der Waals surface area contributed by atoms with Crippen molar-refractivity contribution in [1.82, 2.24) is 4.98 Å². The first-order chi connectivity index (χ1) is 11.1. The maximum Gasteiger partial charge on any atom is 0.490 e. The average Bonchev–Trinajstić information content (AvgIpc) is 3.00. The molecule has 24 heavy (non-hydrogen) atoms. The number of halogens is 3. The molecule has 0 saturated carbocycles. The lowest BCUT2D eigenvalue weighted by atomic mass is 10.1. The summed E-state index contributed by atoms with van der Waals surface area (Å²) in [5.74, 6) is -1.64. The van der Waals surface area contributed by atoms with Crippen LogP contribution in [-0.4, -0.2) is 35.3 Å². The Morgan fingerprint density at radius 3 is 2.50 bits per heavy atom. The number of nitrogens with one attached hydrogen (secondary N) is 2. The highest BCUT2D eigenvalue weighted by molar-refractivity contribution is 5.90. The number of benzene rings is 1. The Hall–Kier alpha value is -3.24. The molecule has 0 aliphatic rings. The molecule has 0 aliphatic heterocycles. The highest BCUT2D eigenvalue weighted by Crippen LogP contribution is 2.32. The van der Waals surface area contributed by atoms with Crippen LogP contribution in [0.15, 0.2) is 35.2 Å². The van der Waals surface area contributed by atoms with E-state index in [0.29, 0.717) is 17.2 Å². The topological polar surface area (TPSA) is 134 Å². The fourth-order valence-corrected chi connectivity index (χ4v) is 1.48. The van der Waals surface area contributed by atoms with Crippen molar-refractivity contribution in [3.8, 4) is 17.1 Å². The minimum absolute atomic E-state index is 0.125. The zero-order valence-electron chi connectivity index (χ0n) is 12.2. The number of alkyl halides is 3. The first-order valence-corrected chi connectivity index (χ1v) is 6.13. The predicted octanol–water partition coefficient (Wildman–Crippen LogP) is 2.29. The fraction of sp³-hybridized carbons (Fsp3) is 0.154. The van der Waals surface area contributed by atoms with Crippen molar-refractivity contribution in [3.63, 3.8) is 0 Å². The molecule has 0 unspecified atom stereocenters. The van der Waals surface area contributed by atoms with Gasteiger partial charge in [-0.15, -0.1) is 0 Å². The Balaban J connectivity index is 0.000000351. The van der Waals surface area contributed by atoms with Gasteiger partial charge in [-0.25, -0.2) is 9.78 Å². The number of nitrogens with zero attached hydrogens (tertiary/aromatic N) is 1. The van der Waals surface area contributed by atoms with E-state index in [2.05, 4.69) is 10.3 Å². The molecule has 0 aliphatic carbocycles. The molecule has 0 spiro atoms. The Morgan fingerprint density at radius 2 is 2.08 bits per heavy atom. The number of ether oxygens (including phenoxy) is 1. The van der Waals surface area contributed by atoms with Crippen LogP contribution in [0.2, 0.25) is 0 Å². The maximum absolute atomic E-state index is 10.6. The van der Waals surface area contributed by atoms with Crippen molar-refractivity contribution in [2.24, 2.45) is 5.73 Å². The van der Waals surface area contributed by atoms with Gasteiger partial charge in [0, 0.05) is 11.8 Å². The largest absolute Gasteiger partial charge is 0.496 e. The van der Waals surface area contributed by atoms with Crippen LogP contribution >= 0.6 is 0 Å². The number of rotatable bonds is 3. The molecule has 2 rings (SSSR count). The number of nitrogens with two attached hydrogens (primary N) is 1. The third-order valence-electron chi connectivity index (χ3n) is 2.42. The lowest BCUT2D eigenvalue weighted by Crippen LogP contribution is -2.21. The van der Waals surface area contributed by atoms with E-state index in [1.54, 1.807) is 25.4 Å². The number of hydrogen-bond donors (Lipinski definition) is 4. The number of methoxy groups -OCH3 is 1. The number of oxazole rings is 1. The number of aliphatic carboxylic acids is 1. The van der Waals surface area contributed by atoms with E-state index in [9.17, 15) is 13.2 Å². The van der Waals surface area contributed by atoms with Gasteiger partial charge in [0.15, 0.2) is 18.1 Å². The zero-order valence-corrected chi connectivity index (χ0v) is 12.2. The van der Waals surface area contributed by atoms with Crippen LogP contribution in [0.4, 0.5) is 18.9 Å². The van der Waals surface area contributed by atoms with Gasteiger partial charge in [-0.2, -0.15) is 13.2 Å². The molecule has 1 aromatic carbocycles. The van der Waals surface area contributed by atoms with Gasteiger partial charge in [0.25, 0.3) is 0 Å². The quantitative estimate of drug-likeness (QED) is 0.495. The maximum atomic E-state index is 10.6. The van der Waals surface area contributed by atoms with Crippen molar-refractivity contribution in [2.75, 3.05) is 12.4 Å². The highest BCUT2D eigenvalue weighted by Gasteiger charge is 2.38. The average molecular weight is 346 g/mol. The van der Waals surface area contributed by atoms with E-state index in [0.717, 1.165) is 5.56 Å². The fourth-order valence-electron chi connectivity index (χ4n) is 1.48. The molecule has 0 atom stereocenters. The van der Waals surface area contributed by atoms with Gasteiger partial charge in [-0.05, 0) is 12.1 Å². The summed E-state index contributed by atoms with van der Waals surface area (Å²) in [5.41, 5.74) is 6.72. The lowest BCUT2D eigenvalue weighted by Gasteiger charge is -2.09. The molecule has 2 aromatic rings. The number of aromatic nitrogens is 1. The molecule has 130 valence electrons. The number of carboxylic acids is 1. The molecule has 0 fully saturated rings. The molecule has 8 nitrogen and oxygen atoms in total. The second kappa shape index (κ2) is 7.85. The molecule has 0 radical (unpaired) electrons. The summed E-state index contributed by atoms with van der Waals surface area (Å²) in [4.78, 5) is 12.7. The smallest absolute Gasteiger partial charge is 0.490 e. The number of anilines is 1.